The molecule has 0 saturated heterocycles. The Balaban J connectivity index is 2.29. The van der Waals surface area contributed by atoms with Gasteiger partial charge < -0.3 is 0 Å². The van der Waals surface area contributed by atoms with Gasteiger partial charge in [0.15, 0.2) is 12.4 Å². The third-order valence-corrected chi connectivity index (χ3v) is 3.19. The molecule has 106 valence electrons. The maximum Gasteiger partial charge on any atom is 0.416 e. The van der Waals surface area contributed by atoms with Crippen LogP contribution in [0.1, 0.15) is 31.9 Å². The molecule has 4 heteroatoms. The number of pyridine rings is 1. The van der Waals surface area contributed by atoms with Crippen molar-refractivity contribution in [1.82, 2.24) is 0 Å². The van der Waals surface area contributed by atoms with Crippen molar-refractivity contribution in [2.75, 3.05) is 0 Å². The van der Waals surface area contributed by atoms with Crippen LogP contribution in [-0.2, 0) is 11.6 Å². The largest absolute Gasteiger partial charge is 0.416 e. The molecule has 20 heavy (non-hydrogen) atoms. The van der Waals surface area contributed by atoms with Crippen LogP contribution in [0.2, 0.25) is 0 Å². The third kappa shape index (κ3) is 3.18. The molecule has 0 saturated carbocycles. The van der Waals surface area contributed by atoms with E-state index in [1.807, 2.05) is 24.5 Å². The Morgan fingerprint density at radius 2 is 1.25 bits per heavy atom. The number of aromatic nitrogens is 1. The topological polar surface area (TPSA) is 3.88 Å². The summed E-state index contributed by atoms with van der Waals surface area (Å²) in [6.45, 7) is 6.35. The van der Waals surface area contributed by atoms with Crippen LogP contribution < -0.4 is 4.57 Å². The summed E-state index contributed by atoms with van der Waals surface area (Å²) in [6, 6.07) is 9.11. The molecule has 0 N–H and O–H groups in total. The summed E-state index contributed by atoms with van der Waals surface area (Å²) in [5, 5.41) is 0. The Bertz CT molecular complexity index is 520. The van der Waals surface area contributed by atoms with E-state index >= 15 is 0 Å². The highest BCUT2D eigenvalue weighted by Crippen LogP contribution is 2.29. The summed E-state index contributed by atoms with van der Waals surface area (Å²) in [5.74, 6) is 0. The van der Waals surface area contributed by atoms with E-state index < -0.39 is 11.7 Å². The number of rotatable bonds is 1. The fourth-order valence-electron chi connectivity index (χ4n) is 1.92. The van der Waals surface area contributed by atoms with E-state index in [9.17, 15) is 13.2 Å². The van der Waals surface area contributed by atoms with Crippen LogP contribution in [0.3, 0.4) is 0 Å². The lowest BCUT2D eigenvalue weighted by Crippen LogP contribution is -2.30. The predicted molar refractivity (Wildman–Crippen MR) is 71.7 cm³/mol. The lowest BCUT2D eigenvalue weighted by Gasteiger charge is -2.17. The smallest absolute Gasteiger partial charge is 0.167 e. The first kappa shape index (κ1) is 14.6. The molecule has 0 atom stereocenters. The molecule has 0 fully saturated rings. The van der Waals surface area contributed by atoms with Gasteiger partial charge in [0.1, 0.15) is 0 Å². The van der Waals surface area contributed by atoms with E-state index in [1.165, 1.54) is 17.7 Å². The predicted octanol–water partition coefficient (Wildman–Crippen LogP) is 4.28. The first-order chi connectivity index (χ1) is 9.18. The molecule has 0 aliphatic heterocycles. The molecule has 0 radical (unpaired) electrons. The van der Waals surface area contributed by atoms with Gasteiger partial charge in [0.05, 0.1) is 5.56 Å². The van der Waals surface area contributed by atoms with Crippen molar-refractivity contribution in [2.45, 2.75) is 32.4 Å². The van der Waals surface area contributed by atoms with Crippen molar-refractivity contribution in [2.24, 2.45) is 0 Å². The zero-order chi connectivity index (χ0) is 15.0. The molecule has 1 nitrogen and oxygen atoms in total. The third-order valence-electron chi connectivity index (χ3n) is 3.19. The fraction of sp³-hybridized carbons (Fsp3) is 0.312. The first-order valence-electron chi connectivity index (χ1n) is 6.37. The minimum Gasteiger partial charge on any atom is -0.167 e. The van der Waals surface area contributed by atoms with Gasteiger partial charge in [-0.05, 0) is 23.1 Å². The van der Waals surface area contributed by atoms with Gasteiger partial charge in [0.25, 0.3) is 0 Å². The lowest BCUT2D eigenvalue weighted by atomic mass is 9.88. The average molecular weight is 280 g/mol. The van der Waals surface area contributed by atoms with Crippen LogP contribution in [0.25, 0.3) is 5.69 Å². The summed E-state index contributed by atoms with van der Waals surface area (Å²) in [6.07, 6.45) is -0.564. The number of alkyl halides is 3. The normalized spacial score (nSPS) is 12.5. The molecule has 1 heterocycles. The zero-order valence-corrected chi connectivity index (χ0v) is 11.7. The number of halogens is 3. The van der Waals surface area contributed by atoms with Crippen molar-refractivity contribution < 1.29 is 17.7 Å². The Kier molecular flexibility index (Phi) is 3.59. The molecule has 2 aromatic rings. The second-order valence-electron chi connectivity index (χ2n) is 5.79. The van der Waals surface area contributed by atoms with Crippen LogP contribution in [0, 0.1) is 0 Å². The molecule has 0 amide bonds. The van der Waals surface area contributed by atoms with E-state index in [0.29, 0.717) is 5.69 Å². The summed E-state index contributed by atoms with van der Waals surface area (Å²) >= 11 is 0. The van der Waals surface area contributed by atoms with Crippen LogP contribution in [0.4, 0.5) is 13.2 Å². The van der Waals surface area contributed by atoms with E-state index in [1.54, 1.807) is 4.57 Å². The van der Waals surface area contributed by atoms with E-state index in [-0.39, 0.29) is 5.41 Å². The molecule has 0 unspecified atom stereocenters. The standard InChI is InChI=1S/C16H17F3N/c1-15(2,3)12-8-10-20(11-9-12)14-6-4-13(5-7-14)16(17,18)19/h4-11H,1-3H3/q+1. The van der Waals surface area contributed by atoms with Gasteiger partial charge in [0.2, 0.25) is 5.69 Å². The van der Waals surface area contributed by atoms with Gasteiger partial charge in [-0.15, -0.1) is 0 Å². The van der Waals surface area contributed by atoms with Gasteiger partial charge >= 0.3 is 6.18 Å². The molecule has 0 spiro atoms. The Labute approximate surface area is 116 Å². The minimum absolute atomic E-state index is 0.0548. The molecule has 0 aliphatic carbocycles. The quantitative estimate of drug-likeness (QED) is 0.686. The van der Waals surface area contributed by atoms with Gasteiger partial charge in [-0.25, -0.2) is 0 Å². The van der Waals surface area contributed by atoms with Crippen molar-refractivity contribution in [3.63, 3.8) is 0 Å². The number of hydrogen-bond donors (Lipinski definition) is 0. The van der Waals surface area contributed by atoms with E-state index in [0.717, 1.165) is 12.1 Å². The average Bonchev–Trinajstić information content (AvgIpc) is 2.37. The van der Waals surface area contributed by atoms with E-state index in [4.69, 9.17) is 0 Å². The molecule has 2 rings (SSSR count). The molecular formula is C16H17F3N+. The highest BCUT2D eigenvalue weighted by molar-refractivity contribution is 5.29. The highest BCUT2D eigenvalue weighted by atomic mass is 19.4. The second-order valence-corrected chi connectivity index (χ2v) is 5.79. The van der Waals surface area contributed by atoms with Crippen molar-refractivity contribution in [3.8, 4) is 5.69 Å². The highest BCUT2D eigenvalue weighted by Gasteiger charge is 2.30. The van der Waals surface area contributed by atoms with E-state index in [2.05, 4.69) is 20.8 Å². The summed E-state index contributed by atoms with van der Waals surface area (Å²) in [5.41, 5.74) is 1.31. The van der Waals surface area contributed by atoms with Crippen LogP contribution in [-0.4, -0.2) is 0 Å². The van der Waals surface area contributed by atoms with Gasteiger partial charge in [-0.3, -0.25) is 0 Å². The van der Waals surface area contributed by atoms with Crippen molar-refractivity contribution in [3.05, 3.63) is 59.9 Å². The second kappa shape index (κ2) is 4.93. The van der Waals surface area contributed by atoms with Crippen molar-refractivity contribution in [1.29, 1.82) is 0 Å². The fourth-order valence-corrected chi connectivity index (χ4v) is 1.92. The summed E-state index contributed by atoms with van der Waals surface area (Å²) in [4.78, 5) is 0. The number of nitrogens with zero attached hydrogens (tertiary/aromatic N) is 1. The van der Waals surface area contributed by atoms with Crippen molar-refractivity contribution >= 4 is 0 Å². The summed E-state index contributed by atoms with van der Waals surface area (Å²) in [7, 11) is 0. The maximum absolute atomic E-state index is 12.5. The van der Waals surface area contributed by atoms with Gasteiger partial charge in [-0.1, -0.05) is 20.8 Å². The van der Waals surface area contributed by atoms with Crippen LogP contribution >= 0.6 is 0 Å². The van der Waals surface area contributed by atoms with Gasteiger partial charge in [0, 0.05) is 24.3 Å². The molecule has 0 aliphatic rings. The van der Waals surface area contributed by atoms with Gasteiger partial charge in [-0.2, -0.15) is 17.7 Å². The molecule has 1 aromatic carbocycles. The molecular weight excluding hydrogens is 263 g/mol. The zero-order valence-electron chi connectivity index (χ0n) is 11.7. The Morgan fingerprint density at radius 3 is 1.65 bits per heavy atom. The van der Waals surface area contributed by atoms with Crippen LogP contribution in [0.15, 0.2) is 48.8 Å². The number of benzene rings is 1. The lowest BCUT2D eigenvalue weighted by molar-refractivity contribution is -0.595. The van der Waals surface area contributed by atoms with Crippen LogP contribution in [0.5, 0.6) is 0 Å². The Morgan fingerprint density at radius 1 is 0.750 bits per heavy atom. The first-order valence-corrected chi connectivity index (χ1v) is 6.37. The Hall–Kier alpha value is -1.84. The number of hydrogen-bond acceptors (Lipinski definition) is 0. The monoisotopic (exact) mass is 280 g/mol. The maximum atomic E-state index is 12.5. The minimum atomic E-state index is -4.29. The SMILES string of the molecule is CC(C)(C)c1cc[n+](-c2ccc(C(F)(F)F)cc2)cc1. The molecule has 0 bridgehead atoms. The molecule has 1 aromatic heterocycles. The summed E-state index contributed by atoms with van der Waals surface area (Å²) < 4.78 is 39.3.